The van der Waals surface area contributed by atoms with Crippen LogP contribution < -0.4 is 0 Å². The van der Waals surface area contributed by atoms with Gasteiger partial charge in [0.25, 0.3) is 0 Å². The molecule has 1 fully saturated rings. The summed E-state index contributed by atoms with van der Waals surface area (Å²) in [6.45, 7) is 2.03. The molecule has 0 aliphatic heterocycles. The number of imidazole rings is 1. The van der Waals surface area contributed by atoms with Crippen LogP contribution in [-0.2, 0) is 0 Å². The van der Waals surface area contributed by atoms with Gasteiger partial charge in [0.15, 0.2) is 17.2 Å². The Kier molecular flexibility index (Phi) is 2.27. The molecular formula is C14H16N4O. The number of fused-ring (bicyclic) bond motifs is 1. The van der Waals surface area contributed by atoms with E-state index in [1.165, 1.54) is 25.7 Å². The Hall–Kier alpha value is -2.04. The standard InChI is InChI=1S/C14H16N4O/c1-9-12-14(18(17-9)10-5-2-3-6-10)16-13(15-12)11-7-4-8-19-11/h4,7-8,10H,2-3,5-6H2,1H3,(H,15,16). The average molecular weight is 256 g/mol. The predicted molar refractivity (Wildman–Crippen MR) is 71.8 cm³/mol. The molecule has 1 saturated carbocycles. The van der Waals surface area contributed by atoms with E-state index in [0.717, 1.165) is 28.4 Å². The lowest BCUT2D eigenvalue weighted by atomic mass is 10.2. The van der Waals surface area contributed by atoms with Gasteiger partial charge < -0.3 is 9.40 Å². The molecule has 98 valence electrons. The van der Waals surface area contributed by atoms with Gasteiger partial charge >= 0.3 is 0 Å². The van der Waals surface area contributed by atoms with Crippen molar-refractivity contribution in [3.8, 4) is 11.6 Å². The maximum Gasteiger partial charge on any atom is 0.177 e. The smallest absolute Gasteiger partial charge is 0.177 e. The Morgan fingerprint density at radius 1 is 1.37 bits per heavy atom. The van der Waals surface area contributed by atoms with Crippen molar-refractivity contribution in [2.75, 3.05) is 0 Å². The van der Waals surface area contributed by atoms with E-state index in [0.29, 0.717) is 6.04 Å². The zero-order valence-corrected chi connectivity index (χ0v) is 10.9. The van der Waals surface area contributed by atoms with E-state index in [4.69, 9.17) is 4.42 Å². The molecule has 3 aromatic heterocycles. The van der Waals surface area contributed by atoms with Crippen LogP contribution in [-0.4, -0.2) is 19.7 Å². The Balaban J connectivity index is 1.86. The van der Waals surface area contributed by atoms with Gasteiger partial charge in [-0.15, -0.1) is 0 Å². The largest absolute Gasteiger partial charge is 0.461 e. The first kappa shape index (κ1) is 10.8. The van der Waals surface area contributed by atoms with Gasteiger partial charge in [-0.05, 0) is 31.9 Å². The van der Waals surface area contributed by atoms with Gasteiger partial charge in [0, 0.05) is 0 Å². The number of aromatic amines is 1. The molecule has 19 heavy (non-hydrogen) atoms. The molecule has 1 N–H and O–H groups in total. The molecular weight excluding hydrogens is 240 g/mol. The van der Waals surface area contributed by atoms with Crippen LogP contribution in [0.4, 0.5) is 0 Å². The number of furan rings is 1. The van der Waals surface area contributed by atoms with Crippen LogP contribution in [0.5, 0.6) is 0 Å². The fraction of sp³-hybridized carbons (Fsp3) is 0.429. The molecule has 0 amide bonds. The number of nitrogens with zero attached hydrogens (tertiary/aromatic N) is 3. The van der Waals surface area contributed by atoms with Crippen LogP contribution in [0.25, 0.3) is 22.7 Å². The summed E-state index contributed by atoms with van der Waals surface area (Å²) in [5.74, 6) is 1.56. The van der Waals surface area contributed by atoms with E-state index in [9.17, 15) is 0 Å². The summed E-state index contributed by atoms with van der Waals surface area (Å²) in [4.78, 5) is 7.99. The SMILES string of the molecule is Cc1nn(C2CCCC2)c2nc(-c3ccco3)[nH]c12. The van der Waals surface area contributed by atoms with Crippen molar-refractivity contribution < 1.29 is 4.42 Å². The average Bonchev–Trinajstić information content (AvgIpc) is 3.16. The molecule has 5 heteroatoms. The van der Waals surface area contributed by atoms with Crippen molar-refractivity contribution in [1.82, 2.24) is 19.7 Å². The van der Waals surface area contributed by atoms with Crippen LogP contribution >= 0.6 is 0 Å². The van der Waals surface area contributed by atoms with Crippen molar-refractivity contribution in [2.45, 2.75) is 38.6 Å². The van der Waals surface area contributed by atoms with Crippen LogP contribution in [0.1, 0.15) is 37.4 Å². The molecule has 0 unspecified atom stereocenters. The summed E-state index contributed by atoms with van der Waals surface area (Å²) in [6, 6.07) is 4.29. The van der Waals surface area contributed by atoms with Crippen molar-refractivity contribution in [3.63, 3.8) is 0 Å². The van der Waals surface area contributed by atoms with Gasteiger partial charge in [0.2, 0.25) is 0 Å². The summed E-state index contributed by atoms with van der Waals surface area (Å²) in [6.07, 6.45) is 6.66. The number of H-pyrrole nitrogens is 1. The lowest BCUT2D eigenvalue weighted by Crippen LogP contribution is -2.07. The minimum Gasteiger partial charge on any atom is -0.461 e. The van der Waals surface area contributed by atoms with E-state index in [1.807, 2.05) is 19.1 Å². The highest BCUT2D eigenvalue weighted by Crippen LogP contribution is 2.32. The monoisotopic (exact) mass is 256 g/mol. The quantitative estimate of drug-likeness (QED) is 0.764. The fourth-order valence-electron chi connectivity index (χ4n) is 2.97. The minimum absolute atomic E-state index is 0.504. The summed E-state index contributed by atoms with van der Waals surface area (Å²) in [5.41, 5.74) is 2.99. The second-order valence-electron chi connectivity index (χ2n) is 5.23. The van der Waals surface area contributed by atoms with Crippen molar-refractivity contribution in [1.29, 1.82) is 0 Å². The zero-order valence-electron chi connectivity index (χ0n) is 10.9. The molecule has 0 aromatic carbocycles. The summed E-state index contributed by atoms with van der Waals surface area (Å²) >= 11 is 0. The molecule has 0 radical (unpaired) electrons. The van der Waals surface area contributed by atoms with Gasteiger partial charge in [-0.25, -0.2) is 9.67 Å². The number of rotatable bonds is 2. The molecule has 1 aliphatic rings. The topological polar surface area (TPSA) is 59.6 Å². The molecule has 0 bridgehead atoms. The first-order valence-corrected chi connectivity index (χ1v) is 6.81. The van der Waals surface area contributed by atoms with Gasteiger partial charge in [-0.3, -0.25) is 0 Å². The maximum atomic E-state index is 5.40. The van der Waals surface area contributed by atoms with E-state index < -0.39 is 0 Å². The van der Waals surface area contributed by atoms with E-state index in [2.05, 4.69) is 19.7 Å². The normalized spacial score (nSPS) is 16.7. The van der Waals surface area contributed by atoms with E-state index in [1.54, 1.807) is 6.26 Å². The summed E-state index contributed by atoms with van der Waals surface area (Å²) in [7, 11) is 0. The molecule has 3 aromatic rings. The number of nitrogens with one attached hydrogen (secondary N) is 1. The van der Waals surface area contributed by atoms with Crippen molar-refractivity contribution in [2.24, 2.45) is 0 Å². The zero-order chi connectivity index (χ0) is 12.8. The number of aromatic nitrogens is 4. The predicted octanol–water partition coefficient (Wildman–Crippen LogP) is 3.44. The van der Waals surface area contributed by atoms with Gasteiger partial charge in [0.1, 0.15) is 5.52 Å². The Labute approximate surface area is 110 Å². The van der Waals surface area contributed by atoms with E-state index >= 15 is 0 Å². The molecule has 0 spiro atoms. The number of hydrogen-bond donors (Lipinski definition) is 1. The van der Waals surface area contributed by atoms with Crippen molar-refractivity contribution in [3.05, 3.63) is 24.1 Å². The first-order chi connectivity index (χ1) is 9.33. The second kappa shape index (κ2) is 3.98. The van der Waals surface area contributed by atoms with Crippen LogP contribution in [0, 0.1) is 6.92 Å². The molecule has 4 rings (SSSR count). The highest BCUT2D eigenvalue weighted by molar-refractivity contribution is 5.78. The highest BCUT2D eigenvalue weighted by atomic mass is 16.3. The minimum atomic E-state index is 0.504. The number of hydrogen-bond acceptors (Lipinski definition) is 3. The third kappa shape index (κ3) is 1.61. The lowest BCUT2D eigenvalue weighted by Gasteiger charge is -2.09. The molecule has 0 atom stereocenters. The highest BCUT2D eigenvalue weighted by Gasteiger charge is 2.23. The lowest BCUT2D eigenvalue weighted by molar-refractivity contribution is 0.476. The molecule has 5 nitrogen and oxygen atoms in total. The first-order valence-electron chi connectivity index (χ1n) is 6.81. The fourth-order valence-corrected chi connectivity index (χ4v) is 2.97. The van der Waals surface area contributed by atoms with Crippen LogP contribution in [0.2, 0.25) is 0 Å². The van der Waals surface area contributed by atoms with Gasteiger partial charge in [0.05, 0.1) is 18.0 Å². The maximum absolute atomic E-state index is 5.40. The van der Waals surface area contributed by atoms with Crippen LogP contribution in [0.15, 0.2) is 22.8 Å². The third-order valence-corrected chi connectivity index (χ3v) is 3.95. The molecule has 0 saturated heterocycles. The summed E-state index contributed by atoms with van der Waals surface area (Å²) < 4.78 is 7.50. The summed E-state index contributed by atoms with van der Waals surface area (Å²) in [5, 5.41) is 4.65. The number of aryl methyl sites for hydroxylation is 1. The molecule has 1 aliphatic carbocycles. The Morgan fingerprint density at radius 3 is 2.95 bits per heavy atom. The van der Waals surface area contributed by atoms with Gasteiger partial charge in [-0.2, -0.15) is 5.10 Å². The van der Waals surface area contributed by atoms with Crippen molar-refractivity contribution >= 4 is 11.2 Å². The third-order valence-electron chi connectivity index (χ3n) is 3.95. The Bertz CT molecular complexity index is 701. The Morgan fingerprint density at radius 2 is 2.21 bits per heavy atom. The molecule has 3 heterocycles. The van der Waals surface area contributed by atoms with E-state index in [-0.39, 0.29) is 0 Å². The van der Waals surface area contributed by atoms with Crippen LogP contribution in [0.3, 0.4) is 0 Å². The second-order valence-corrected chi connectivity index (χ2v) is 5.23. The van der Waals surface area contributed by atoms with Gasteiger partial charge in [-0.1, -0.05) is 12.8 Å².